The molecule has 0 N–H and O–H groups in total. The summed E-state index contributed by atoms with van der Waals surface area (Å²) in [5.41, 5.74) is 1.67. The third kappa shape index (κ3) is 2.06. The Labute approximate surface area is 153 Å². The lowest BCUT2D eigenvalue weighted by molar-refractivity contribution is -0.143. The molecule has 1 aliphatic heterocycles. The van der Waals surface area contributed by atoms with Crippen LogP contribution in [0, 0.1) is 17.3 Å². The Morgan fingerprint density at radius 3 is 2.35 bits per heavy atom. The van der Waals surface area contributed by atoms with Crippen LogP contribution < -0.4 is 0 Å². The fourth-order valence-corrected chi connectivity index (χ4v) is 5.43. The number of fused-ring (bicyclic) bond motifs is 3. The molecule has 26 heavy (non-hydrogen) atoms. The molecule has 3 heteroatoms. The molecule has 0 radical (unpaired) electrons. The number of rotatable bonds is 3. The summed E-state index contributed by atoms with van der Waals surface area (Å²) in [6.07, 6.45) is 5.42. The van der Waals surface area contributed by atoms with Gasteiger partial charge in [0.25, 0.3) is 5.91 Å². The van der Waals surface area contributed by atoms with Crippen molar-refractivity contribution in [3.63, 3.8) is 0 Å². The van der Waals surface area contributed by atoms with Gasteiger partial charge in [-0.15, -0.1) is 0 Å². The fourth-order valence-electron chi connectivity index (χ4n) is 5.43. The molecule has 1 saturated heterocycles. The minimum atomic E-state index is -0.591. The van der Waals surface area contributed by atoms with Crippen LogP contribution in [0.4, 0.5) is 0 Å². The van der Waals surface area contributed by atoms with Crippen molar-refractivity contribution in [1.29, 1.82) is 0 Å². The van der Waals surface area contributed by atoms with Crippen molar-refractivity contribution in [2.45, 2.75) is 18.9 Å². The number of allylic oxidation sites excluding steroid dienone is 2. The Morgan fingerprint density at radius 2 is 1.62 bits per heavy atom. The van der Waals surface area contributed by atoms with E-state index in [2.05, 4.69) is 24.3 Å². The molecule has 130 valence electrons. The number of carbonyl (C=O) groups is 2. The highest BCUT2D eigenvalue weighted by Crippen LogP contribution is 2.63. The van der Waals surface area contributed by atoms with Gasteiger partial charge in [0.05, 0.1) is 5.41 Å². The Hall–Kier alpha value is -2.68. The Morgan fingerprint density at radius 1 is 0.923 bits per heavy atom. The van der Waals surface area contributed by atoms with Crippen LogP contribution in [0.1, 0.15) is 23.5 Å². The van der Waals surface area contributed by atoms with Crippen molar-refractivity contribution in [2.24, 2.45) is 17.3 Å². The first-order chi connectivity index (χ1) is 12.7. The van der Waals surface area contributed by atoms with Crippen molar-refractivity contribution in [3.8, 4) is 0 Å². The van der Waals surface area contributed by atoms with Gasteiger partial charge < -0.3 is 4.90 Å². The highest BCUT2D eigenvalue weighted by Gasteiger charge is 2.66. The van der Waals surface area contributed by atoms with Gasteiger partial charge in [-0.05, 0) is 29.4 Å². The summed E-state index contributed by atoms with van der Waals surface area (Å²) in [6, 6.07) is 20.2. The molecule has 3 aliphatic rings. The average Bonchev–Trinajstić information content (AvgIpc) is 3.34. The number of nitrogens with zero attached hydrogens (tertiary/aromatic N) is 1. The molecule has 4 atom stereocenters. The van der Waals surface area contributed by atoms with E-state index in [1.54, 1.807) is 4.90 Å². The average molecular weight is 343 g/mol. The SMILES string of the molecule is O=C1C(=O)[C@@]2(CN1Cc1ccccc1)[C@H](c1ccccc1)[C@@H]1C=C[C@H]2C1. The van der Waals surface area contributed by atoms with Gasteiger partial charge >= 0.3 is 0 Å². The number of amides is 1. The standard InChI is InChI=1S/C23H21NO2/c25-21-22(26)24(14-16-7-3-1-4-8-16)15-23(21)19-12-11-18(13-19)20(23)17-9-5-2-6-10-17/h1-12,18-20H,13-15H2/t18-,19+,20-,23-/m1/s1. The summed E-state index contributed by atoms with van der Waals surface area (Å²) in [5, 5.41) is 0. The van der Waals surface area contributed by atoms with Gasteiger partial charge in [-0.2, -0.15) is 0 Å². The van der Waals surface area contributed by atoms with Gasteiger partial charge in [0.15, 0.2) is 0 Å². The molecule has 2 fully saturated rings. The predicted octanol–water partition coefficient (Wildman–Crippen LogP) is 3.57. The minimum absolute atomic E-state index is 0.107. The topological polar surface area (TPSA) is 37.4 Å². The van der Waals surface area contributed by atoms with Crippen LogP contribution >= 0.6 is 0 Å². The first kappa shape index (κ1) is 15.6. The van der Waals surface area contributed by atoms with Crippen LogP contribution in [-0.2, 0) is 16.1 Å². The van der Waals surface area contributed by atoms with E-state index in [9.17, 15) is 9.59 Å². The van der Waals surface area contributed by atoms with Crippen molar-refractivity contribution in [1.82, 2.24) is 4.90 Å². The van der Waals surface area contributed by atoms with E-state index in [-0.39, 0.29) is 23.5 Å². The highest BCUT2D eigenvalue weighted by molar-refractivity contribution is 6.40. The molecule has 1 spiro atoms. The normalized spacial score (nSPS) is 32.2. The van der Waals surface area contributed by atoms with Crippen LogP contribution in [0.2, 0.25) is 0 Å². The quantitative estimate of drug-likeness (QED) is 0.631. The Balaban J connectivity index is 1.54. The molecule has 2 bridgehead atoms. The van der Waals surface area contributed by atoms with Gasteiger partial charge in [0.2, 0.25) is 5.78 Å². The maximum Gasteiger partial charge on any atom is 0.290 e. The smallest absolute Gasteiger partial charge is 0.290 e. The van der Waals surface area contributed by atoms with Crippen LogP contribution in [-0.4, -0.2) is 23.1 Å². The van der Waals surface area contributed by atoms with E-state index < -0.39 is 5.41 Å². The van der Waals surface area contributed by atoms with Crippen LogP contribution in [0.25, 0.3) is 0 Å². The van der Waals surface area contributed by atoms with Gasteiger partial charge in [0.1, 0.15) is 0 Å². The first-order valence-corrected chi connectivity index (χ1v) is 9.31. The zero-order valence-electron chi connectivity index (χ0n) is 14.5. The molecular weight excluding hydrogens is 322 g/mol. The number of ketones is 1. The third-order valence-corrected chi connectivity index (χ3v) is 6.49. The molecule has 2 aliphatic carbocycles. The molecule has 1 heterocycles. The number of hydrogen-bond donors (Lipinski definition) is 0. The fraction of sp³-hybridized carbons (Fsp3) is 0.304. The second-order valence-electron chi connectivity index (χ2n) is 7.80. The zero-order valence-corrected chi connectivity index (χ0v) is 14.5. The Bertz CT molecular complexity index is 889. The number of likely N-dealkylation sites (tertiary alicyclic amines) is 1. The number of Topliss-reactive ketones (excluding diaryl/α,β-unsaturated/α-hetero) is 1. The van der Waals surface area contributed by atoms with E-state index in [0.717, 1.165) is 12.0 Å². The lowest BCUT2D eigenvalue weighted by atomic mass is 9.64. The van der Waals surface area contributed by atoms with Crippen molar-refractivity contribution in [2.75, 3.05) is 6.54 Å². The van der Waals surface area contributed by atoms with E-state index in [1.807, 2.05) is 48.5 Å². The molecule has 2 aromatic rings. The van der Waals surface area contributed by atoms with E-state index in [0.29, 0.717) is 19.0 Å². The molecule has 0 unspecified atom stereocenters. The van der Waals surface area contributed by atoms with Crippen LogP contribution in [0.15, 0.2) is 72.8 Å². The molecular formula is C23H21NO2. The molecule has 0 aromatic heterocycles. The molecule has 3 nitrogen and oxygen atoms in total. The number of benzene rings is 2. The van der Waals surface area contributed by atoms with Gasteiger partial charge in [-0.1, -0.05) is 72.8 Å². The minimum Gasteiger partial charge on any atom is -0.331 e. The molecule has 1 saturated carbocycles. The second-order valence-corrected chi connectivity index (χ2v) is 7.80. The molecule has 2 aromatic carbocycles. The van der Waals surface area contributed by atoms with Crippen molar-refractivity contribution in [3.05, 3.63) is 83.9 Å². The summed E-state index contributed by atoms with van der Waals surface area (Å²) in [4.78, 5) is 27.9. The maximum absolute atomic E-state index is 13.3. The van der Waals surface area contributed by atoms with Gasteiger partial charge in [-0.3, -0.25) is 9.59 Å². The maximum atomic E-state index is 13.3. The lowest BCUT2D eigenvalue weighted by Gasteiger charge is -2.37. The first-order valence-electron chi connectivity index (χ1n) is 9.31. The lowest BCUT2D eigenvalue weighted by Crippen LogP contribution is -2.41. The number of hydrogen-bond acceptors (Lipinski definition) is 2. The van der Waals surface area contributed by atoms with E-state index in [4.69, 9.17) is 0 Å². The van der Waals surface area contributed by atoms with Crippen molar-refractivity contribution < 1.29 is 9.59 Å². The van der Waals surface area contributed by atoms with Gasteiger partial charge in [0, 0.05) is 19.0 Å². The van der Waals surface area contributed by atoms with Crippen LogP contribution in [0.5, 0.6) is 0 Å². The van der Waals surface area contributed by atoms with Crippen LogP contribution in [0.3, 0.4) is 0 Å². The summed E-state index contributed by atoms with van der Waals surface area (Å²) in [7, 11) is 0. The Kier molecular flexibility index (Phi) is 3.39. The van der Waals surface area contributed by atoms with E-state index in [1.165, 1.54) is 5.56 Å². The predicted molar refractivity (Wildman–Crippen MR) is 99.2 cm³/mol. The highest BCUT2D eigenvalue weighted by atomic mass is 16.2. The molecule has 5 rings (SSSR count). The summed E-state index contributed by atoms with van der Waals surface area (Å²) in [6.45, 7) is 1.04. The zero-order chi connectivity index (χ0) is 17.7. The number of carbonyl (C=O) groups excluding carboxylic acids is 2. The summed E-state index contributed by atoms with van der Waals surface area (Å²) < 4.78 is 0. The van der Waals surface area contributed by atoms with Gasteiger partial charge in [-0.25, -0.2) is 0 Å². The third-order valence-electron chi connectivity index (χ3n) is 6.49. The summed E-state index contributed by atoms with van der Waals surface area (Å²) in [5.74, 6) is 0.150. The largest absolute Gasteiger partial charge is 0.331 e. The molecule has 1 amide bonds. The monoisotopic (exact) mass is 343 g/mol. The van der Waals surface area contributed by atoms with Crippen molar-refractivity contribution >= 4 is 11.7 Å². The second kappa shape index (κ2) is 5.66. The van der Waals surface area contributed by atoms with E-state index >= 15 is 0 Å². The summed E-state index contributed by atoms with van der Waals surface area (Å²) >= 11 is 0.